The highest BCUT2D eigenvalue weighted by Gasteiger charge is 2.42. The fourth-order valence-electron chi connectivity index (χ4n) is 3.86. The molecular weight excluding hydrogens is 256 g/mol. The number of nitrogens with one attached hydrogen (secondary N) is 1. The van der Waals surface area contributed by atoms with Crippen molar-refractivity contribution in [2.75, 3.05) is 19.6 Å². The summed E-state index contributed by atoms with van der Waals surface area (Å²) in [5.74, 6) is 1.72. The average Bonchev–Trinajstić information content (AvgIpc) is 2.96. The van der Waals surface area contributed by atoms with E-state index in [9.17, 15) is 0 Å². The molecule has 2 aliphatic heterocycles. The fraction of sp³-hybridized carbons (Fsp3) is 0.625. The number of hydrogen-bond acceptors (Lipinski definition) is 2. The molecule has 1 N–H and O–H groups in total. The largest absolute Gasteiger partial charge is 0.316 e. The van der Waals surface area contributed by atoms with Crippen LogP contribution < -0.4 is 5.32 Å². The van der Waals surface area contributed by atoms with Gasteiger partial charge in [-0.3, -0.25) is 4.90 Å². The molecule has 0 aliphatic carbocycles. The molecular formula is C16H23ClN2. The summed E-state index contributed by atoms with van der Waals surface area (Å²) in [6.45, 7) is 8.43. The van der Waals surface area contributed by atoms with E-state index < -0.39 is 0 Å². The number of rotatable bonds is 3. The normalized spacial score (nSPS) is 32.5. The molecule has 3 rings (SSSR count). The van der Waals surface area contributed by atoms with Crippen molar-refractivity contribution in [3.05, 3.63) is 34.9 Å². The Morgan fingerprint density at radius 1 is 1.32 bits per heavy atom. The Morgan fingerprint density at radius 3 is 2.74 bits per heavy atom. The first-order chi connectivity index (χ1) is 9.15. The predicted molar refractivity (Wildman–Crippen MR) is 80.6 cm³/mol. The van der Waals surface area contributed by atoms with Crippen molar-refractivity contribution in [3.63, 3.8) is 0 Å². The van der Waals surface area contributed by atoms with Crippen LogP contribution in [0.1, 0.15) is 19.4 Å². The molecule has 2 aliphatic rings. The number of likely N-dealkylation sites (tertiary alicyclic amines) is 1. The molecule has 3 heteroatoms. The first-order valence-corrected chi connectivity index (χ1v) is 7.74. The van der Waals surface area contributed by atoms with Gasteiger partial charge in [-0.05, 0) is 62.9 Å². The maximum absolute atomic E-state index is 5.95. The topological polar surface area (TPSA) is 15.3 Å². The van der Waals surface area contributed by atoms with E-state index in [1.807, 2.05) is 12.1 Å². The number of halogens is 1. The second-order valence-electron chi connectivity index (χ2n) is 6.20. The number of hydrogen-bond donors (Lipinski definition) is 1. The van der Waals surface area contributed by atoms with Crippen LogP contribution in [-0.2, 0) is 6.42 Å². The highest BCUT2D eigenvalue weighted by molar-refractivity contribution is 6.30. The van der Waals surface area contributed by atoms with Crippen LogP contribution in [0, 0.1) is 11.8 Å². The zero-order valence-electron chi connectivity index (χ0n) is 11.8. The van der Waals surface area contributed by atoms with E-state index in [1.165, 1.54) is 25.2 Å². The van der Waals surface area contributed by atoms with Crippen molar-refractivity contribution in [2.24, 2.45) is 11.8 Å². The number of fused-ring (bicyclic) bond motifs is 1. The molecule has 4 unspecified atom stereocenters. The van der Waals surface area contributed by atoms with Gasteiger partial charge in [0.05, 0.1) is 0 Å². The Morgan fingerprint density at radius 2 is 2.05 bits per heavy atom. The summed E-state index contributed by atoms with van der Waals surface area (Å²) in [6.07, 6.45) is 1.12. The van der Waals surface area contributed by atoms with Gasteiger partial charge in [-0.15, -0.1) is 0 Å². The molecule has 104 valence electrons. The quantitative estimate of drug-likeness (QED) is 0.915. The summed E-state index contributed by atoms with van der Waals surface area (Å²) in [4.78, 5) is 2.70. The van der Waals surface area contributed by atoms with E-state index in [0.29, 0.717) is 12.1 Å². The third kappa shape index (κ3) is 2.67. The van der Waals surface area contributed by atoms with Crippen LogP contribution in [-0.4, -0.2) is 36.6 Å². The van der Waals surface area contributed by atoms with E-state index in [1.54, 1.807) is 0 Å². The van der Waals surface area contributed by atoms with Gasteiger partial charge in [0.1, 0.15) is 0 Å². The van der Waals surface area contributed by atoms with E-state index in [-0.39, 0.29) is 0 Å². The second kappa shape index (κ2) is 5.43. The molecule has 0 aromatic heterocycles. The molecule has 0 amide bonds. The Kier molecular flexibility index (Phi) is 3.84. The van der Waals surface area contributed by atoms with Gasteiger partial charge >= 0.3 is 0 Å². The fourth-order valence-corrected chi connectivity index (χ4v) is 3.99. The minimum atomic E-state index is 0.613. The Hall–Kier alpha value is -0.570. The first kappa shape index (κ1) is 13.4. The molecule has 1 aromatic rings. The standard InChI is InChI=1S/C16H23ClN2/c1-11(7-13-3-5-15(17)6-4-13)19-10-14-8-18-9-16(14)12(19)2/h3-6,11-12,14,16,18H,7-10H2,1-2H3. The molecule has 2 saturated heterocycles. The third-order valence-corrected chi connectivity index (χ3v) is 5.24. The van der Waals surface area contributed by atoms with E-state index >= 15 is 0 Å². The van der Waals surface area contributed by atoms with Crippen LogP contribution in [0.4, 0.5) is 0 Å². The SMILES string of the molecule is CC(Cc1ccc(Cl)cc1)N1CC2CNCC2C1C. The molecule has 19 heavy (non-hydrogen) atoms. The number of nitrogens with zero attached hydrogens (tertiary/aromatic N) is 1. The smallest absolute Gasteiger partial charge is 0.0406 e. The zero-order valence-corrected chi connectivity index (χ0v) is 12.5. The Balaban J connectivity index is 1.64. The molecule has 0 radical (unpaired) electrons. The van der Waals surface area contributed by atoms with E-state index in [0.717, 1.165) is 23.3 Å². The molecule has 0 bridgehead atoms. The lowest BCUT2D eigenvalue weighted by Crippen LogP contribution is -2.40. The van der Waals surface area contributed by atoms with Crippen molar-refractivity contribution in [1.29, 1.82) is 0 Å². The van der Waals surface area contributed by atoms with Crippen LogP contribution in [0.15, 0.2) is 24.3 Å². The second-order valence-corrected chi connectivity index (χ2v) is 6.64. The van der Waals surface area contributed by atoms with Crippen LogP contribution >= 0.6 is 11.6 Å². The van der Waals surface area contributed by atoms with Gasteiger partial charge in [-0.25, -0.2) is 0 Å². The molecule has 2 fully saturated rings. The molecule has 0 saturated carbocycles. The van der Waals surface area contributed by atoms with Gasteiger partial charge in [0.2, 0.25) is 0 Å². The molecule has 4 atom stereocenters. The summed E-state index contributed by atoms with van der Waals surface area (Å²) >= 11 is 5.95. The molecule has 2 nitrogen and oxygen atoms in total. The Labute approximate surface area is 121 Å². The summed E-state index contributed by atoms with van der Waals surface area (Å²) in [5.41, 5.74) is 1.39. The summed E-state index contributed by atoms with van der Waals surface area (Å²) in [6, 6.07) is 9.62. The van der Waals surface area contributed by atoms with Gasteiger partial charge in [0.25, 0.3) is 0 Å². The highest BCUT2D eigenvalue weighted by atomic mass is 35.5. The van der Waals surface area contributed by atoms with Crippen LogP contribution in [0.25, 0.3) is 0 Å². The van der Waals surface area contributed by atoms with Crippen molar-refractivity contribution >= 4 is 11.6 Å². The monoisotopic (exact) mass is 278 g/mol. The minimum Gasteiger partial charge on any atom is -0.316 e. The molecule has 2 heterocycles. The summed E-state index contributed by atoms with van der Waals surface area (Å²) in [7, 11) is 0. The maximum Gasteiger partial charge on any atom is 0.0406 e. The maximum atomic E-state index is 5.95. The van der Waals surface area contributed by atoms with E-state index in [2.05, 4.69) is 36.2 Å². The summed E-state index contributed by atoms with van der Waals surface area (Å²) < 4.78 is 0. The van der Waals surface area contributed by atoms with Crippen molar-refractivity contribution in [2.45, 2.75) is 32.4 Å². The van der Waals surface area contributed by atoms with Gasteiger partial charge in [0.15, 0.2) is 0 Å². The predicted octanol–water partition coefficient (Wildman–Crippen LogP) is 2.81. The molecule has 0 spiro atoms. The highest BCUT2D eigenvalue weighted by Crippen LogP contribution is 2.34. The number of benzene rings is 1. The Bertz CT molecular complexity index is 431. The van der Waals surface area contributed by atoms with Crippen molar-refractivity contribution in [3.8, 4) is 0 Å². The average molecular weight is 279 g/mol. The van der Waals surface area contributed by atoms with Crippen LogP contribution in [0.5, 0.6) is 0 Å². The molecule has 1 aromatic carbocycles. The van der Waals surface area contributed by atoms with Gasteiger partial charge in [0, 0.05) is 23.7 Å². The first-order valence-electron chi connectivity index (χ1n) is 7.36. The van der Waals surface area contributed by atoms with Crippen molar-refractivity contribution < 1.29 is 0 Å². The lowest BCUT2D eigenvalue weighted by atomic mass is 9.95. The lowest BCUT2D eigenvalue weighted by molar-refractivity contribution is 0.180. The zero-order chi connectivity index (χ0) is 13.4. The van der Waals surface area contributed by atoms with E-state index in [4.69, 9.17) is 11.6 Å². The van der Waals surface area contributed by atoms with Gasteiger partial charge in [-0.1, -0.05) is 23.7 Å². The van der Waals surface area contributed by atoms with Crippen LogP contribution in [0.3, 0.4) is 0 Å². The lowest BCUT2D eigenvalue weighted by Gasteiger charge is -2.30. The van der Waals surface area contributed by atoms with Gasteiger partial charge in [-0.2, -0.15) is 0 Å². The van der Waals surface area contributed by atoms with Crippen molar-refractivity contribution in [1.82, 2.24) is 10.2 Å². The minimum absolute atomic E-state index is 0.613. The van der Waals surface area contributed by atoms with Gasteiger partial charge < -0.3 is 5.32 Å². The summed E-state index contributed by atoms with van der Waals surface area (Å²) in [5, 5.41) is 4.35. The third-order valence-electron chi connectivity index (χ3n) is 4.99. The van der Waals surface area contributed by atoms with Crippen LogP contribution in [0.2, 0.25) is 5.02 Å².